The number of thioether (sulfide) groups is 1. The van der Waals surface area contributed by atoms with E-state index in [-0.39, 0.29) is 5.91 Å². The van der Waals surface area contributed by atoms with Gasteiger partial charge in [0.2, 0.25) is 11.1 Å². The van der Waals surface area contributed by atoms with Crippen molar-refractivity contribution in [2.75, 3.05) is 52.2 Å². The van der Waals surface area contributed by atoms with Gasteiger partial charge in [0.1, 0.15) is 18.1 Å². The van der Waals surface area contributed by atoms with Crippen molar-refractivity contribution in [2.45, 2.75) is 5.16 Å². The maximum absolute atomic E-state index is 12.7. The summed E-state index contributed by atoms with van der Waals surface area (Å²) in [6, 6.07) is 17.3. The number of hydrogen-bond donors (Lipinski definition) is 0. The number of ether oxygens (including phenoxy) is 2. The zero-order chi connectivity index (χ0) is 22.2. The van der Waals surface area contributed by atoms with E-state index in [0.717, 1.165) is 36.8 Å². The third-order valence-electron chi connectivity index (χ3n) is 5.23. The molecule has 0 saturated carbocycles. The number of methoxy groups -OCH3 is 1. The van der Waals surface area contributed by atoms with Crippen molar-refractivity contribution in [3.05, 3.63) is 54.6 Å². The van der Waals surface area contributed by atoms with E-state index in [9.17, 15) is 4.79 Å². The number of hydrogen-bond acceptors (Lipinski definition) is 8. The molecule has 0 spiro atoms. The quantitative estimate of drug-likeness (QED) is 0.454. The highest BCUT2D eigenvalue weighted by atomic mass is 32.2. The summed E-state index contributed by atoms with van der Waals surface area (Å²) in [4.78, 5) is 16.9. The number of nitrogens with zero attached hydrogens (tertiary/aromatic N) is 6. The Hall–Kier alpha value is -3.11. The summed E-state index contributed by atoms with van der Waals surface area (Å²) in [5, 5.41) is 12.4. The van der Waals surface area contributed by atoms with Crippen molar-refractivity contribution in [3.8, 4) is 17.2 Å². The zero-order valence-corrected chi connectivity index (χ0v) is 18.8. The van der Waals surface area contributed by atoms with E-state index in [4.69, 9.17) is 9.47 Å². The van der Waals surface area contributed by atoms with Crippen LogP contribution in [0.2, 0.25) is 0 Å². The Morgan fingerprint density at radius 3 is 2.47 bits per heavy atom. The van der Waals surface area contributed by atoms with Crippen molar-refractivity contribution in [2.24, 2.45) is 0 Å². The molecule has 1 saturated heterocycles. The molecule has 4 rings (SSSR count). The lowest BCUT2D eigenvalue weighted by atomic mass is 10.3. The van der Waals surface area contributed by atoms with Crippen LogP contribution in [0.3, 0.4) is 0 Å². The molecule has 1 aliphatic rings. The molecule has 9 nitrogen and oxygen atoms in total. The van der Waals surface area contributed by atoms with Crippen LogP contribution < -0.4 is 9.47 Å². The topological polar surface area (TPSA) is 85.6 Å². The van der Waals surface area contributed by atoms with Crippen LogP contribution in [0, 0.1) is 0 Å². The lowest BCUT2D eigenvalue weighted by Crippen LogP contribution is -2.50. The molecule has 1 fully saturated rings. The van der Waals surface area contributed by atoms with E-state index in [1.807, 2.05) is 59.5 Å². The molecular weight excluding hydrogens is 428 g/mol. The number of aromatic nitrogens is 4. The van der Waals surface area contributed by atoms with Gasteiger partial charge in [0, 0.05) is 32.7 Å². The second-order valence-electron chi connectivity index (χ2n) is 7.24. The second kappa shape index (κ2) is 11.0. The van der Waals surface area contributed by atoms with Crippen molar-refractivity contribution in [1.82, 2.24) is 30.0 Å². The SMILES string of the molecule is COc1ccc(-n2nnnc2SCC(=O)N2CCN(CCOc3ccccc3)CC2)cc1. The first-order valence-corrected chi connectivity index (χ1v) is 11.4. The van der Waals surface area contributed by atoms with Crippen LogP contribution in [0.15, 0.2) is 59.8 Å². The number of piperazine rings is 1. The molecule has 0 atom stereocenters. The average Bonchev–Trinajstić information content (AvgIpc) is 3.32. The molecule has 10 heteroatoms. The summed E-state index contributed by atoms with van der Waals surface area (Å²) in [6.45, 7) is 4.61. The van der Waals surface area contributed by atoms with Crippen molar-refractivity contribution in [1.29, 1.82) is 0 Å². The van der Waals surface area contributed by atoms with Crippen molar-refractivity contribution >= 4 is 17.7 Å². The Morgan fingerprint density at radius 2 is 1.75 bits per heavy atom. The zero-order valence-electron chi connectivity index (χ0n) is 18.0. The third-order valence-corrected chi connectivity index (χ3v) is 6.13. The van der Waals surface area contributed by atoms with Gasteiger partial charge in [-0.25, -0.2) is 0 Å². The molecule has 0 N–H and O–H groups in total. The highest BCUT2D eigenvalue weighted by Gasteiger charge is 2.22. The first-order chi connectivity index (χ1) is 15.7. The minimum Gasteiger partial charge on any atom is -0.497 e. The molecule has 2 heterocycles. The Kier molecular flexibility index (Phi) is 7.57. The fourth-order valence-corrected chi connectivity index (χ4v) is 4.20. The number of para-hydroxylation sites is 1. The molecule has 2 aromatic carbocycles. The number of tetrazole rings is 1. The van der Waals surface area contributed by atoms with Gasteiger partial charge < -0.3 is 14.4 Å². The van der Waals surface area contributed by atoms with Crippen molar-refractivity contribution in [3.63, 3.8) is 0 Å². The fourth-order valence-electron chi connectivity index (χ4n) is 3.40. The van der Waals surface area contributed by atoms with Gasteiger partial charge in [-0.2, -0.15) is 4.68 Å². The molecule has 0 bridgehead atoms. The standard InChI is InChI=1S/C22H26N6O3S/c1-30-19-9-7-18(8-10-19)28-22(23-24-25-28)32-17-21(29)27-13-11-26(12-14-27)15-16-31-20-5-3-2-4-6-20/h2-10H,11-17H2,1H3. The molecule has 1 amide bonds. The van der Waals surface area contributed by atoms with Gasteiger partial charge >= 0.3 is 0 Å². The predicted octanol–water partition coefficient (Wildman–Crippen LogP) is 1.99. The summed E-state index contributed by atoms with van der Waals surface area (Å²) in [5.74, 6) is 2.04. The van der Waals surface area contributed by atoms with Gasteiger partial charge in [-0.05, 0) is 46.8 Å². The van der Waals surface area contributed by atoms with Gasteiger partial charge in [0.05, 0.1) is 18.6 Å². The molecule has 168 valence electrons. The summed E-state index contributed by atoms with van der Waals surface area (Å²) in [7, 11) is 1.62. The molecule has 0 radical (unpaired) electrons. The van der Waals surface area contributed by atoms with Crippen LogP contribution >= 0.6 is 11.8 Å². The average molecular weight is 455 g/mol. The Morgan fingerprint density at radius 1 is 1.00 bits per heavy atom. The largest absolute Gasteiger partial charge is 0.497 e. The lowest BCUT2D eigenvalue weighted by Gasteiger charge is -2.34. The lowest BCUT2D eigenvalue weighted by molar-refractivity contribution is -0.130. The van der Waals surface area contributed by atoms with E-state index in [1.165, 1.54) is 11.8 Å². The van der Waals surface area contributed by atoms with Crippen LogP contribution in [-0.2, 0) is 4.79 Å². The molecule has 32 heavy (non-hydrogen) atoms. The Labute approximate surface area is 191 Å². The highest BCUT2D eigenvalue weighted by Crippen LogP contribution is 2.21. The smallest absolute Gasteiger partial charge is 0.233 e. The summed E-state index contributed by atoms with van der Waals surface area (Å²) in [6.07, 6.45) is 0. The fraction of sp³-hybridized carbons (Fsp3) is 0.364. The first kappa shape index (κ1) is 22.1. The van der Waals surface area contributed by atoms with Crippen LogP contribution in [0.5, 0.6) is 11.5 Å². The minimum absolute atomic E-state index is 0.0967. The molecule has 0 aliphatic carbocycles. The van der Waals surface area contributed by atoms with E-state index >= 15 is 0 Å². The number of carbonyl (C=O) groups is 1. The van der Waals surface area contributed by atoms with Gasteiger partial charge in [0.15, 0.2) is 0 Å². The van der Waals surface area contributed by atoms with E-state index in [1.54, 1.807) is 11.8 Å². The molecular formula is C22H26N6O3S. The van der Waals surface area contributed by atoms with Crippen LogP contribution in [-0.4, -0.2) is 88.1 Å². The Bertz CT molecular complexity index is 990. The molecule has 1 aromatic heterocycles. The monoisotopic (exact) mass is 454 g/mol. The van der Waals surface area contributed by atoms with Crippen LogP contribution in [0.4, 0.5) is 0 Å². The third kappa shape index (κ3) is 5.77. The second-order valence-corrected chi connectivity index (χ2v) is 8.19. The number of carbonyl (C=O) groups excluding carboxylic acids is 1. The van der Waals surface area contributed by atoms with Gasteiger partial charge in [0.25, 0.3) is 0 Å². The van der Waals surface area contributed by atoms with E-state index in [0.29, 0.717) is 30.6 Å². The van der Waals surface area contributed by atoms with Gasteiger partial charge in [-0.1, -0.05) is 30.0 Å². The van der Waals surface area contributed by atoms with Gasteiger partial charge in [-0.15, -0.1) is 5.10 Å². The summed E-state index contributed by atoms with van der Waals surface area (Å²) >= 11 is 1.34. The van der Waals surface area contributed by atoms with Gasteiger partial charge in [-0.3, -0.25) is 9.69 Å². The summed E-state index contributed by atoms with van der Waals surface area (Å²) in [5.41, 5.74) is 0.817. The number of benzene rings is 2. The van der Waals surface area contributed by atoms with E-state index in [2.05, 4.69) is 20.4 Å². The van der Waals surface area contributed by atoms with Crippen LogP contribution in [0.1, 0.15) is 0 Å². The highest BCUT2D eigenvalue weighted by molar-refractivity contribution is 7.99. The summed E-state index contributed by atoms with van der Waals surface area (Å²) < 4.78 is 12.6. The Balaban J connectivity index is 1.21. The van der Waals surface area contributed by atoms with Crippen LogP contribution in [0.25, 0.3) is 5.69 Å². The predicted molar refractivity (Wildman–Crippen MR) is 121 cm³/mol. The van der Waals surface area contributed by atoms with E-state index < -0.39 is 0 Å². The molecule has 0 unspecified atom stereocenters. The maximum atomic E-state index is 12.7. The molecule has 3 aromatic rings. The number of amides is 1. The molecule has 1 aliphatic heterocycles. The first-order valence-electron chi connectivity index (χ1n) is 10.5. The number of rotatable bonds is 9. The normalized spacial score (nSPS) is 14.3. The van der Waals surface area contributed by atoms with Crippen molar-refractivity contribution < 1.29 is 14.3 Å². The minimum atomic E-state index is 0.0967. The maximum Gasteiger partial charge on any atom is 0.233 e.